The minimum Gasteiger partial charge on any atom is -0.422 e. The Labute approximate surface area is 148 Å². The Morgan fingerprint density at radius 1 is 1.32 bits per heavy atom. The lowest BCUT2D eigenvalue weighted by atomic mass is 9.98. The van der Waals surface area contributed by atoms with Gasteiger partial charge < -0.3 is 14.2 Å². The number of piperidine rings is 1. The van der Waals surface area contributed by atoms with Crippen molar-refractivity contribution in [3.8, 4) is 11.8 Å². The number of carbonyl (C=O) groups excluding carboxylic acids is 1. The summed E-state index contributed by atoms with van der Waals surface area (Å²) < 4.78 is 10.9. The van der Waals surface area contributed by atoms with Gasteiger partial charge in [0.2, 0.25) is 5.89 Å². The first kappa shape index (κ1) is 15.8. The van der Waals surface area contributed by atoms with Crippen LogP contribution in [0, 0.1) is 0 Å². The van der Waals surface area contributed by atoms with Crippen molar-refractivity contribution in [3.63, 3.8) is 0 Å². The molecular weight excluding hydrogens is 340 g/mol. The van der Waals surface area contributed by atoms with Crippen molar-refractivity contribution in [1.29, 1.82) is 0 Å². The molecule has 8 heteroatoms. The maximum Gasteiger partial charge on any atom is 0.359 e. The molecule has 7 nitrogen and oxygen atoms in total. The van der Waals surface area contributed by atoms with Gasteiger partial charge >= 0.3 is 6.01 Å². The maximum absolute atomic E-state index is 12.5. The third-order valence-corrected chi connectivity index (χ3v) is 4.84. The molecule has 0 spiro atoms. The second-order valence-electron chi connectivity index (χ2n) is 5.79. The number of rotatable bonds is 4. The Hall–Kier alpha value is -2.74. The SMILES string of the molecule is O=C(c1cncs1)N1CCCC(c2nc(Oc3ccccc3)no2)C1. The number of ether oxygens (including phenoxy) is 1. The van der Waals surface area contributed by atoms with E-state index in [0.29, 0.717) is 23.1 Å². The second kappa shape index (κ2) is 7.02. The van der Waals surface area contributed by atoms with Gasteiger partial charge in [0.25, 0.3) is 5.91 Å². The van der Waals surface area contributed by atoms with E-state index in [0.717, 1.165) is 19.4 Å². The van der Waals surface area contributed by atoms with Crippen LogP contribution in [0.3, 0.4) is 0 Å². The van der Waals surface area contributed by atoms with E-state index in [-0.39, 0.29) is 17.8 Å². The molecule has 4 rings (SSSR count). The molecule has 1 aromatic carbocycles. The van der Waals surface area contributed by atoms with E-state index in [1.165, 1.54) is 11.3 Å². The zero-order valence-electron chi connectivity index (χ0n) is 13.4. The first-order valence-corrected chi connectivity index (χ1v) is 8.92. The van der Waals surface area contributed by atoms with Crippen LogP contribution in [0.15, 0.2) is 46.6 Å². The van der Waals surface area contributed by atoms with E-state index in [9.17, 15) is 4.79 Å². The van der Waals surface area contributed by atoms with Crippen LogP contribution in [0.2, 0.25) is 0 Å². The number of aromatic nitrogens is 3. The van der Waals surface area contributed by atoms with Gasteiger partial charge in [-0.05, 0) is 30.1 Å². The molecule has 1 saturated heterocycles. The number of carbonyl (C=O) groups is 1. The Balaban J connectivity index is 1.44. The van der Waals surface area contributed by atoms with Crippen LogP contribution in [0.4, 0.5) is 0 Å². The summed E-state index contributed by atoms with van der Waals surface area (Å²) in [4.78, 5) is 23.3. The van der Waals surface area contributed by atoms with E-state index in [1.54, 1.807) is 11.7 Å². The molecule has 0 N–H and O–H groups in total. The summed E-state index contributed by atoms with van der Waals surface area (Å²) >= 11 is 1.35. The van der Waals surface area contributed by atoms with Crippen LogP contribution >= 0.6 is 11.3 Å². The van der Waals surface area contributed by atoms with Gasteiger partial charge in [0.1, 0.15) is 10.6 Å². The molecule has 1 fully saturated rings. The topological polar surface area (TPSA) is 81.4 Å². The molecule has 128 valence electrons. The molecule has 3 heterocycles. The number of hydrogen-bond donors (Lipinski definition) is 0. The number of likely N-dealkylation sites (tertiary alicyclic amines) is 1. The van der Waals surface area contributed by atoms with Crippen LogP contribution in [-0.2, 0) is 0 Å². The summed E-state index contributed by atoms with van der Waals surface area (Å²) in [5.41, 5.74) is 1.67. The molecule has 2 aromatic heterocycles. The van der Waals surface area contributed by atoms with Crippen LogP contribution in [-0.4, -0.2) is 39.0 Å². The average molecular weight is 356 g/mol. The first-order chi connectivity index (χ1) is 12.3. The molecule has 1 unspecified atom stereocenters. The van der Waals surface area contributed by atoms with Crippen molar-refractivity contribution < 1.29 is 14.1 Å². The highest BCUT2D eigenvalue weighted by Crippen LogP contribution is 2.29. The summed E-state index contributed by atoms with van der Waals surface area (Å²) in [6, 6.07) is 9.50. The van der Waals surface area contributed by atoms with Crippen molar-refractivity contribution in [3.05, 3.63) is 52.8 Å². The van der Waals surface area contributed by atoms with Crippen LogP contribution < -0.4 is 4.74 Å². The van der Waals surface area contributed by atoms with Crippen LogP contribution in [0.5, 0.6) is 11.8 Å². The lowest BCUT2D eigenvalue weighted by Gasteiger charge is -2.30. The van der Waals surface area contributed by atoms with Gasteiger partial charge in [-0.15, -0.1) is 11.3 Å². The van der Waals surface area contributed by atoms with E-state index >= 15 is 0 Å². The standard InChI is InChI=1S/C17H16N4O3S/c22-16(14-9-18-11-25-14)21-8-4-5-12(10-21)15-19-17(20-24-15)23-13-6-2-1-3-7-13/h1-3,6-7,9,11-12H,4-5,8,10H2. The third kappa shape index (κ3) is 3.53. The molecule has 0 saturated carbocycles. The summed E-state index contributed by atoms with van der Waals surface area (Å²) in [6.45, 7) is 1.29. The minimum atomic E-state index is 0.00692. The van der Waals surface area contributed by atoms with Crippen molar-refractivity contribution in [2.75, 3.05) is 13.1 Å². The summed E-state index contributed by atoms with van der Waals surface area (Å²) in [5.74, 6) is 1.19. The molecule has 25 heavy (non-hydrogen) atoms. The highest BCUT2D eigenvalue weighted by atomic mass is 32.1. The predicted octanol–water partition coefficient (Wildman–Crippen LogP) is 3.34. The number of benzene rings is 1. The molecule has 0 radical (unpaired) electrons. The second-order valence-corrected chi connectivity index (χ2v) is 6.67. The number of amides is 1. The fourth-order valence-electron chi connectivity index (χ4n) is 2.86. The van der Waals surface area contributed by atoms with Crippen molar-refractivity contribution >= 4 is 17.2 Å². The van der Waals surface area contributed by atoms with Gasteiger partial charge in [-0.1, -0.05) is 18.2 Å². The van der Waals surface area contributed by atoms with Gasteiger partial charge in [0, 0.05) is 13.1 Å². The maximum atomic E-state index is 12.5. The zero-order valence-corrected chi connectivity index (χ0v) is 14.2. The highest BCUT2D eigenvalue weighted by Gasteiger charge is 2.29. The van der Waals surface area contributed by atoms with Crippen LogP contribution in [0.25, 0.3) is 0 Å². The summed E-state index contributed by atoms with van der Waals surface area (Å²) in [7, 11) is 0. The molecule has 1 aliphatic rings. The van der Waals surface area contributed by atoms with E-state index in [1.807, 2.05) is 35.2 Å². The smallest absolute Gasteiger partial charge is 0.359 e. The van der Waals surface area contributed by atoms with Gasteiger partial charge in [0.05, 0.1) is 17.6 Å². The monoisotopic (exact) mass is 356 g/mol. The Kier molecular flexibility index (Phi) is 4.43. The van der Waals surface area contributed by atoms with Crippen molar-refractivity contribution in [2.45, 2.75) is 18.8 Å². The molecular formula is C17H16N4O3S. The largest absolute Gasteiger partial charge is 0.422 e. The Bertz CT molecular complexity index is 835. The average Bonchev–Trinajstić information content (AvgIpc) is 3.34. The zero-order chi connectivity index (χ0) is 17.1. The van der Waals surface area contributed by atoms with E-state index in [4.69, 9.17) is 9.26 Å². The minimum absolute atomic E-state index is 0.00692. The number of nitrogens with zero attached hydrogens (tertiary/aromatic N) is 4. The van der Waals surface area contributed by atoms with Crippen molar-refractivity contribution in [2.24, 2.45) is 0 Å². The van der Waals surface area contributed by atoms with Crippen LogP contribution in [0.1, 0.15) is 34.3 Å². The van der Waals surface area contributed by atoms with Gasteiger partial charge in [0.15, 0.2) is 0 Å². The quantitative estimate of drug-likeness (QED) is 0.713. The molecule has 3 aromatic rings. The van der Waals surface area contributed by atoms with Crippen molar-refractivity contribution in [1.82, 2.24) is 20.0 Å². The first-order valence-electron chi connectivity index (χ1n) is 8.04. The number of para-hydroxylation sites is 1. The fraction of sp³-hybridized carbons (Fsp3) is 0.294. The summed E-state index contributed by atoms with van der Waals surface area (Å²) in [6.07, 6.45) is 3.40. The number of hydrogen-bond acceptors (Lipinski definition) is 7. The molecule has 0 aliphatic carbocycles. The van der Waals surface area contributed by atoms with Gasteiger partial charge in [-0.2, -0.15) is 4.98 Å². The lowest BCUT2D eigenvalue weighted by Crippen LogP contribution is -2.38. The molecule has 1 amide bonds. The number of thiazole rings is 1. The highest BCUT2D eigenvalue weighted by molar-refractivity contribution is 7.11. The van der Waals surface area contributed by atoms with E-state index in [2.05, 4.69) is 15.1 Å². The van der Waals surface area contributed by atoms with Gasteiger partial charge in [-0.25, -0.2) is 0 Å². The Morgan fingerprint density at radius 2 is 2.20 bits per heavy atom. The molecule has 0 bridgehead atoms. The third-order valence-electron chi connectivity index (χ3n) is 4.08. The lowest BCUT2D eigenvalue weighted by molar-refractivity contribution is 0.0700. The Morgan fingerprint density at radius 3 is 3.00 bits per heavy atom. The fourth-order valence-corrected chi connectivity index (χ4v) is 3.45. The van der Waals surface area contributed by atoms with E-state index < -0.39 is 0 Å². The van der Waals surface area contributed by atoms with Gasteiger partial charge in [-0.3, -0.25) is 9.78 Å². The predicted molar refractivity (Wildman–Crippen MR) is 90.8 cm³/mol. The molecule has 1 aliphatic heterocycles. The molecule has 1 atom stereocenters. The normalized spacial score (nSPS) is 17.4. The summed E-state index contributed by atoms with van der Waals surface area (Å²) in [5, 5.41) is 3.89.